The van der Waals surface area contributed by atoms with E-state index in [1.807, 2.05) is 37.3 Å². The Bertz CT molecular complexity index is 568. The average molecular weight is 278 g/mol. The number of H-pyrrole nitrogens is 1. The van der Waals surface area contributed by atoms with E-state index in [1.165, 1.54) is 0 Å². The number of nitrogens with one attached hydrogen (secondary N) is 2. The van der Waals surface area contributed by atoms with Gasteiger partial charge in [-0.25, -0.2) is 0 Å². The lowest BCUT2D eigenvalue weighted by Gasteiger charge is -2.00. The van der Waals surface area contributed by atoms with E-state index in [1.54, 1.807) is 6.21 Å². The zero-order valence-corrected chi connectivity index (χ0v) is 10.9. The van der Waals surface area contributed by atoms with Gasteiger partial charge in [0, 0.05) is 22.7 Å². The summed E-state index contributed by atoms with van der Waals surface area (Å²) in [4.78, 5) is 16.1. The molecule has 1 heterocycles. The molecule has 0 aliphatic rings. The number of nitrogens with zero attached hydrogens (tertiary/aromatic N) is 1. The van der Waals surface area contributed by atoms with Gasteiger partial charge in [0.15, 0.2) is 11.8 Å². The second kappa shape index (κ2) is 7.83. The zero-order valence-electron chi connectivity index (χ0n) is 10.1. The fourth-order valence-electron chi connectivity index (χ4n) is 1.44. The number of para-hydroxylation sites is 1. The van der Waals surface area contributed by atoms with Crippen molar-refractivity contribution in [3.63, 3.8) is 0 Å². The van der Waals surface area contributed by atoms with Crippen LogP contribution in [0.15, 0.2) is 35.6 Å². The van der Waals surface area contributed by atoms with Crippen LogP contribution in [-0.4, -0.2) is 29.8 Å². The van der Waals surface area contributed by atoms with Crippen LogP contribution >= 0.6 is 12.2 Å². The molecule has 2 aromatic rings. The number of oxime groups is 1. The van der Waals surface area contributed by atoms with Crippen molar-refractivity contribution in [1.29, 1.82) is 0 Å². The first-order valence-electron chi connectivity index (χ1n) is 5.31. The van der Waals surface area contributed by atoms with Gasteiger partial charge in [0.2, 0.25) is 0 Å². The molecule has 1 aromatic carbocycles. The van der Waals surface area contributed by atoms with Gasteiger partial charge in [-0.2, -0.15) is 0 Å². The molecule has 0 unspecified atom stereocenters. The van der Waals surface area contributed by atoms with E-state index in [0.717, 1.165) is 16.5 Å². The number of fused-ring (bicyclic) bond motifs is 1. The third-order valence-corrected chi connectivity index (χ3v) is 2.34. The van der Waals surface area contributed by atoms with Crippen LogP contribution in [0.1, 0.15) is 5.56 Å². The molecule has 19 heavy (non-hydrogen) atoms. The summed E-state index contributed by atoms with van der Waals surface area (Å²) < 4.78 is 0. The predicted molar refractivity (Wildman–Crippen MR) is 78.9 cm³/mol. The first kappa shape index (κ1) is 14.7. The number of carbonyl (C=O) groups excluding carboxylic acids is 1. The monoisotopic (exact) mass is 278 g/mol. The lowest BCUT2D eigenvalue weighted by Crippen LogP contribution is -2.30. The number of rotatable bonds is 4. The number of aromatic amines is 1. The summed E-state index contributed by atoms with van der Waals surface area (Å²) in [5.74, 6) is 0. The smallest absolute Gasteiger partial charge is 0.189 e. The van der Waals surface area contributed by atoms with Gasteiger partial charge in [-0.05, 0) is 18.3 Å². The molecule has 0 bridgehead atoms. The van der Waals surface area contributed by atoms with Gasteiger partial charge in [-0.3, -0.25) is 0 Å². The number of aromatic nitrogens is 1. The number of nitrogens with two attached hydrogens (primary N) is 1. The molecule has 0 saturated heterocycles. The van der Waals surface area contributed by atoms with Gasteiger partial charge in [0.05, 0.1) is 6.21 Å². The molecule has 0 atom stereocenters. The van der Waals surface area contributed by atoms with E-state index in [2.05, 4.69) is 27.7 Å². The second-order valence-corrected chi connectivity index (χ2v) is 3.78. The van der Waals surface area contributed by atoms with Crippen LogP contribution in [-0.2, 0) is 9.63 Å². The number of carbonyl (C=O) groups is 1. The van der Waals surface area contributed by atoms with Gasteiger partial charge >= 0.3 is 0 Å². The summed E-state index contributed by atoms with van der Waals surface area (Å²) in [6.45, 7) is 2.16. The van der Waals surface area contributed by atoms with Gasteiger partial charge in [-0.15, -0.1) is 0 Å². The lowest BCUT2D eigenvalue weighted by atomic mass is 10.2. The SMILES string of the molecule is C=O.NC(=S)NCO/N=C/c1c[nH]c2ccccc12. The Morgan fingerprint density at radius 1 is 1.53 bits per heavy atom. The number of hydrogen-bond acceptors (Lipinski definition) is 4. The van der Waals surface area contributed by atoms with Crippen LogP contribution in [0.5, 0.6) is 0 Å². The molecule has 100 valence electrons. The van der Waals surface area contributed by atoms with Gasteiger partial charge in [0.25, 0.3) is 0 Å². The van der Waals surface area contributed by atoms with Crippen LogP contribution < -0.4 is 11.1 Å². The molecule has 0 fully saturated rings. The van der Waals surface area contributed by atoms with Crippen molar-refractivity contribution in [2.75, 3.05) is 6.73 Å². The normalized spacial score (nSPS) is 9.89. The topological polar surface area (TPSA) is 92.5 Å². The molecule has 0 amide bonds. The van der Waals surface area contributed by atoms with Crippen molar-refractivity contribution < 1.29 is 9.63 Å². The summed E-state index contributed by atoms with van der Waals surface area (Å²) >= 11 is 4.62. The highest BCUT2D eigenvalue weighted by atomic mass is 32.1. The second-order valence-electron chi connectivity index (χ2n) is 3.34. The van der Waals surface area contributed by atoms with Crippen LogP contribution in [0, 0.1) is 0 Å². The highest BCUT2D eigenvalue weighted by Gasteiger charge is 1.99. The molecular formula is C12H14N4O2S. The minimum absolute atomic E-state index is 0.161. The fourth-order valence-corrected chi connectivity index (χ4v) is 1.49. The summed E-state index contributed by atoms with van der Waals surface area (Å²) in [5, 5.41) is 7.73. The summed E-state index contributed by atoms with van der Waals surface area (Å²) in [6.07, 6.45) is 3.51. The first-order chi connectivity index (χ1) is 9.27. The van der Waals surface area contributed by atoms with Crippen LogP contribution in [0.4, 0.5) is 0 Å². The Morgan fingerprint density at radius 2 is 2.26 bits per heavy atom. The first-order valence-corrected chi connectivity index (χ1v) is 5.72. The Kier molecular flexibility index (Phi) is 6.04. The molecule has 0 radical (unpaired) electrons. The van der Waals surface area contributed by atoms with E-state index < -0.39 is 0 Å². The third kappa shape index (κ3) is 4.40. The molecule has 0 spiro atoms. The Labute approximate surface area is 115 Å². The molecule has 2 rings (SSSR count). The van der Waals surface area contributed by atoms with Crippen molar-refractivity contribution in [3.05, 3.63) is 36.0 Å². The fraction of sp³-hybridized carbons (Fsp3) is 0.0833. The van der Waals surface area contributed by atoms with Crippen molar-refractivity contribution >= 4 is 41.2 Å². The minimum atomic E-state index is 0.161. The largest absolute Gasteiger partial charge is 0.376 e. The van der Waals surface area contributed by atoms with E-state index in [-0.39, 0.29) is 11.8 Å². The predicted octanol–water partition coefficient (Wildman–Crippen LogP) is 1.12. The molecule has 0 aliphatic carbocycles. The van der Waals surface area contributed by atoms with Crippen LogP contribution in [0.25, 0.3) is 10.9 Å². The van der Waals surface area contributed by atoms with Crippen molar-refractivity contribution in [1.82, 2.24) is 10.3 Å². The van der Waals surface area contributed by atoms with Gasteiger partial charge in [0.1, 0.15) is 6.79 Å². The van der Waals surface area contributed by atoms with E-state index in [9.17, 15) is 0 Å². The molecule has 6 nitrogen and oxygen atoms in total. The van der Waals surface area contributed by atoms with E-state index in [0.29, 0.717) is 0 Å². The Balaban J connectivity index is 0.000000861. The maximum Gasteiger partial charge on any atom is 0.189 e. The molecule has 0 aliphatic heterocycles. The quantitative estimate of drug-likeness (QED) is 0.256. The average Bonchev–Trinajstić information content (AvgIpc) is 2.84. The van der Waals surface area contributed by atoms with Crippen molar-refractivity contribution in [3.8, 4) is 0 Å². The highest BCUT2D eigenvalue weighted by Crippen LogP contribution is 2.15. The number of hydrogen-bond donors (Lipinski definition) is 3. The van der Waals surface area contributed by atoms with E-state index >= 15 is 0 Å². The maximum absolute atomic E-state index is 8.00. The summed E-state index contributed by atoms with van der Waals surface area (Å²) in [5.41, 5.74) is 7.26. The molecule has 4 N–H and O–H groups in total. The summed E-state index contributed by atoms with van der Waals surface area (Å²) in [6, 6.07) is 7.97. The zero-order chi connectivity index (χ0) is 14.1. The standard InChI is InChI=1S/C11H12N4OS.CH2O/c12-11(17)14-7-16-15-6-8-5-13-10-4-2-1-3-9(8)10;1-2/h1-6,13H,7H2,(H3,12,14,17);1H2/b15-6+;. The Morgan fingerprint density at radius 3 is 3.00 bits per heavy atom. The highest BCUT2D eigenvalue weighted by molar-refractivity contribution is 7.80. The number of benzene rings is 1. The van der Waals surface area contributed by atoms with Gasteiger partial charge in [-0.1, -0.05) is 23.4 Å². The Hall–Kier alpha value is -2.41. The molecule has 1 aromatic heterocycles. The molecule has 7 heteroatoms. The van der Waals surface area contributed by atoms with Crippen molar-refractivity contribution in [2.45, 2.75) is 0 Å². The summed E-state index contributed by atoms with van der Waals surface area (Å²) in [7, 11) is 0. The molecular weight excluding hydrogens is 264 g/mol. The minimum Gasteiger partial charge on any atom is -0.376 e. The van der Waals surface area contributed by atoms with Crippen LogP contribution in [0.2, 0.25) is 0 Å². The lowest BCUT2D eigenvalue weighted by molar-refractivity contribution is -0.0979. The third-order valence-electron chi connectivity index (χ3n) is 2.20. The van der Waals surface area contributed by atoms with Crippen molar-refractivity contribution in [2.24, 2.45) is 10.9 Å². The molecule has 0 saturated carbocycles. The van der Waals surface area contributed by atoms with E-state index in [4.69, 9.17) is 15.4 Å². The van der Waals surface area contributed by atoms with Crippen LogP contribution in [0.3, 0.4) is 0 Å². The number of thiocarbonyl (C=S) groups is 1. The van der Waals surface area contributed by atoms with Gasteiger partial charge < -0.3 is 25.7 Å². The maximum atomic E-state index is 8.00.